The lowest BCUT2D eigenvalue weighted by molar-refractivity contribution is -0.145. The van der Waals surface area contributed by atoms with Crippen molar-refractivity contribution in [3.63, 3.8) is 0 Å². The van der Waals surface area contributed by atoms with E-state index in [4.69, 9.17) is 9.47 Å². The molecule has 0 aliphatic carbocycles. The van der Waals surface area contributed by atoms with Crippen molar-refractivity contribution in [1.29, 1.82) is 0 Å². The van der Waals surface area contributed by atoms with Crippen molar-refractivity contribution >= 4 is 5.91 Å². The fourth-order valence-electron chi connectivity index (χ4n) is 2.86. The Morgan fingerprint density at radius 3 is 2.65 bits per heavy atom. The van der Waals surface area contributed by atoms with E-state index in [-0.39, 0.29) is 24.8 Å². The lowest BCUT2D eigenvalue weighted by Gasteiger charge is -2.42. The van der Waals surface area contributed by atoms with Gasteiger partial charge in [0.2, 0.25) is 0 Å². The molecule has 1 amide bonds. The number of aliphatic hydroxyl groups is 1. The largest absolute Gasteiger partial charge is 0.486 e. The summed E-state index contributed by atoms with van der Waals surface area (Å²) in [6.07, 6.45) is -0.174. The van der Waals surface area contributed by atoms with Gasteiger partial charge >= 0.3 is 0 Å². The third kappa shape index (κ3) is 4.32. The average Bonchev–Trinajstić information content (AvgIpc) is 2.63. The van der Waals surface area contributed by atoms with Crippen LogP contribution >= 0.6 is 0 Å². The maximum absolute atomic E-state index is 13.6. The first-order valence-corrected chi connectivity index (χ1v) is 8.55. The summed E-state index contributed by atoms with van der Waals surface area (Å²) in [5.74, 6) is -0.103. The monoisotopic (exact) mass is 359 g/mol. The summed E-state index contributed by atoms with van der Waals surface area (Å²) in [6.45, 7) is 2.07. The third-order valence-corrected chi connectivity index (χ3v) is 4.53. The van der Waals surface area contributed by atoms with E-state index in [0.29, 0.717) is 18.7 Å². The van der Waals surface area contributed by atoms with Crippen molar-refractivity contribution in [2.45, 2.75) is 25.0 Å². The quantitative estimate of drug-likeness (QED) is 0.892. The van der Waals surface area contributed by atoms with E-state index >= 15 is 0 Å². The number of nitrogens with zero attached hydrogens (tertiary/aromatic N) is 1. The zero-order valence-corrected chi connectivity index (χ0v) is 14.6. The number of piperidine rings is 1. The Bertz CT molecular complexity index is 750. The first kappa shape index (κ1) is 18.2. The van der Waals surface area contributed by atoms with Crippen LogP contribution in [0.3, 0.4) is 0 Å². The van der Waals surface area contributed by atoms with Gasteiger partial charge in [0.25, 0.3) is 5.91 Å². The molecule has 5 nitrogen and oxygen atoms in total. The smallest absolute Gasteiger partial charge is 0.260 e. The van der Waals surface area contributed by atoms with Gasteiger partial charge in [-0.3, -0.25) is 4.79 Å². The number of ether oxygens (including phenoxy) is 2. The molecule has 1 saturated heterocycles. The number of likely N-dealkylation sites (tertiary alicyclic amines) is 1. The summed E-state index contributed by atoms with van der Waals surface area (Å²) in [5, 5.41) is 10.6. The van der Waals surface area contributed by atoms with Gasteiger partial charge in [-0.25, -0.2) is 4.39 Å². The normalized spacial score (nSPS) is 22.7. The van der Waals surface area contributed by atoms with Gasteiger partial charge in [0.05, 0.1) is 6.54 Å². The van der Waals surface area contributed by atoms with E-state index < -0.39 is 17.5 Å². The van der Waals surface area contributed by atoms with Crippen LogP contribution < -0.4 is 9.47 Å². The van der Waals surface area contributed by atoms with Crippen molar-refractivity contribution in [2.75, 3.05) is 19.7 Å². The molecule has 0 aromatic heterocycles. The molecule has 2 atom stereocenters. The van der Waals surface area contributed by atoms with Crippen LogP contribution in [0, 0.1) is 5.82 Å². The van der Waals surface area contributed by atoms with Crippen LogP contribution in [0.25, 0.3) is 0 Å². The minimum absolute atomic E-state index is 0.0435. The number of hydrogen-bond donors (Lipinski definition) is 1. The summed E-state index contributed by atoms with van der Waals surface area (Å²) < 4.78 is 24.8. The highest BCUT2D eigenvalue weighted by Crippen LogP contribution is 2.27. The number of para-hydroxylation sites is 2. The first-order chi connectivity index (χ1) is 12.5. The molecule has 1 aliphatic rings. The summed E-state index contributed by atoms with van der Waals surface area (Å²) in [7, 11) is 0. The van der Waals surface area contributed by atoms with Crippen LogP contribution in [0.15, 0.2) is 54.6 Å². The molecule has 0 radical (unpaired) electrons. The van der Waals surface area contributed by atoms with Gasteiger partial charge < -0.3 is 19.5 Å². The second-order valence-electron chi connectivity index (χ2n) is 6.59. The van der Waals surface area contributed by atoms with Gasteiger partial charge in [-0.2, -0.15) is 0 Å². The van der Waals surface area contributed by atoms with Gasteiger partial charge in [0.1, 0.15) is 17.5 Å². The number of benzene rings is 2. The summed E-state index contributed by atoms with van der Waals surface area (Å²) in [5.41, 5.74) is -1.04. The SMILES string of the molecule is C[C@@]1(O)CCN(C(=O)COc2ccccc2F)C[C@H]1Oc1ccccc1. The molecular weight excluding hydrogens is 337 g/mol. The van der Waals surface area contributed by atoms with Gasteiger partial charge in [0, 0.05) is 6.54 Å². The number of rotatable bonds is 5. The molecule has 0 saturated carbocycles. The number of hydrogen-bond acceptors (Lipinski definition) is 4. The molecule has 1 fully saturated rings. The lowest BCUT2D eigenvalue weighted by Crippen LogP contribution is -2.58. The summed E-state index contributed by atoms with van der Waals surface area (Å²) in [4.78, 5) is 14.0. The van der Waals surface area contributed by atoms with Crippen LogP contribution in [0.2, 0.25) is 0 Å². The van der Waals surface area contributed by atoms with E-state index in [2.05, 4.69) is 0 Å². The first-order valence-electron chi connectivity index (χ1n) is 8.55. The third-order valence-electron chi connectivity index (χ3n) is 4.53. The molecule has 1 N–H and O–H groups in total. The van der Waals surface area contributed by atoms with Gasteiger partial charge in [-0.15, -0.1) is 0 Å². The van der Waals surface area contributed by atoms with Crippen molar-refractivity contribution < 1.29 is 23.8 Å². The second-order valence-corrected chi connectivity index (χ2v) is 6.59. The van der Waals surface area contributed by atoms with E-state index in [1.807, 2.05) is 18.2 Å². The highest BCUT2D eigenvalue weighted by Gasteiger charge is 2.40. The van der Waals surface area contributed by atoms with E-state index in [0.717, 1.165) is 0 Å². The summed E-state index contributed by atoms with van der Waals surface area (Å²) in [6, 6.07) is 15.1. The fraction of sp³-hybridized carbons (Fsp3) is 0.350. The van der Waals surface area contributed by atoms with Gasteiger partial charge in [0.15, 0.2) is 18.2 Å². The Kier molecular flexibility index (Phi) is 5.42. The average molecular weight is 359 g/mol. The highest BCUT2D eigenvalue weighted by molar-refractivity contribution is 5.78. The van der Waals surface area contributed by atoms with Crippen LogP contribution in [0.5, 0.6) is 11.5 Å². The molecule has 1 heterocycles. The lowest BCUT2D eigenvalue weighted by atomic mass is 9.90. The molecule has 0 bridgehead atoms. The number of amides is 1. The van der Waals surface area contributed by atoms with Crippen molar-refractivity contribution in [3.05, 3.63) is 60.4 Å². The molecule has 6 heteroatoms. The second kappa shape index (κ2) is 7.74. The van der Waals surface area contributed by atoms with Crippen molar-refractivity contribution in [3.8, 4) is 11.5 Å². The van der Waals surface area contributed by atoms with Crippen LogP contribution in [0.4, 0.5) is 4.39 Å². The Labute approximate surface area is 152 Å². The van der Waals surface area contributed by atoms with E-state index in [1.54, 1.807) is 36.1 Å². The molecular formula is C20H22FNO4. The topological polar surface area (TPSA) is 59.0 Å². The van der Waals surface area contributed by atoms with Crippen LogP contribution in [-0.2, 0) is 4.79 Å². The Morgan fingerprint density at radius 2 is 1.92 bits per heavy atom. The highest BCUT2D eigenvalue weighted by atomic mass is 19.1. The van der Waals surface area contributed by atoms with Crippen molar-refractivity contribution in [1.82, 2.24) is 4.90 Å². The maximum Gasteiger partial charge on any atom is 0.260 e. The molecule has 26 heavy (non-hydrogen) atoms. The minimum atomic E-state index is -1.04. The van der Waals surface area contributed by atoms with Crippen molar-refractivity contribution in [2.24, 2.45) is 0 Å². The molecule has 1 aliphatic heterocycles. The maximum atomic E-state index is 13.6. The predicted octanol–water partition coefficient (Wildman–Crippen LogP) is 2.64. The van der Waals surface area contributed by atoms with Crippen LogP contribution in [-0.4, -0.2) is 47.3 Å². The zero-order valence-electron chi connectivity index (χ0n) is 14.6. The van der Waals surface area contributed by atoms with Crippen LogP contribution in [0.1, 0.15) is 13.3 Å². The molecule has 3 rings (SSSR count). The van der Waals surface area contributed by atoms with Gasteiger partial charge in [-0.1, -0.05) is 30.3 Å². The zero-order chi connectivity index (χ0) is 18.6. The number of carbonyl (C=O) groups is 1. The number of carbonyl (C=O) groups excluding carboxylic acids is 1. The number of halogens is 1. The predicted molar refractivity (Wildman–Crippen MR) is 94.6 cm³/mol. The molecule has 0 unspecified atom stereocenters. The Hall–Kier alpha value is -2.60. The molecule has 138 valence electrons. The standard InChI is InChI=1S/C20H22FNO4/c1-20(24)11-12-22(13-18(20)26-15-7-3-2-4-8-15)19(23)14-25-17-10-6-5-9-16(17)21/h2-10,18,24H,11-14H2,1H3/t18-,20-/m1/s1. The Morgan fingerprint density at radius 1 is 1.23 bits per heavy atom. The van der Waals surface area contributed by atoms with E-state index in [9.17, 15) is 14.3 Å². The minimum Gasteiger partial charge on any atom is -0.486 e. The molecule has 2 aromatic rings. The molecule has 0 spiro atoms. The van der Waals surface area contributed by atoms with Gasteiger partial charge in [-0.05, 0) is 37.6 Å². The van der Waals surface area contributed by atoms with E-state index in [1.165, 1.54) is 12.1 Å². The summed E-state index contributed by atoms with van der Waals surface area (Å²) >= 11 is 0. The Balaban J connectivity index is 1.61. The fourth-order valence-corrected chi connectivity index (χ4v) is 2.86. The molecule has 2 aromatic carbocycles.